The zero-order valence-corrected chi connectivity index (χ0v) is 15.0. The Morgan fingerprint density at radius 2 is 0.964 bits per heavy atom. The number of carboxylic acids is 4. The van der Waals surface area contributed by atoms with E-state index < -0.39 is 62.1 Å². The van der Waals surface area contributed by atoms with Crippen LogP contribution in [0.5, 0.6) is 0 Å². The normalized spacial score (nSPS) is 18.6. The molecule has 0 bridgehead atoms. The number of fused-ring (bicyclic) bond motifs is 1. The molecule has 0 aromatic heterocycles. The predicted octanol–water partition coefficient (Wildman–Crippen LogP) is -0.535. The van der Waals surface area contributed by atoms with Crippen LogP contribution in [0.1, 0.15) is 11.1 Å². The topological polar surface area (TPSA) is 156 Å². The average molecular weight is 394 g/mol. The number of carboxylic acid groups (broad SMARTS) is 4. The second-order valence-electron chi connectivity index (χ2n) is 6.70. The van der Waals surface area contributed by atoms with Crippen molar-refractivity contribution in [3.8, 4) is 0 Å². The van der Waals surface area contributed by atoms with Crippen LogP contribution in [0.4, 0.5) is 0 Å². The molecule has 0 saturated heterocycles. The molecule has 28 heavy (non-hydrogen) atoms. The maximum Gasteiger partial charge on any atom is 0.317 e. The molecule has 1 aromatic rings. The van der Waals surface area contributed by atoms with Gasteiger partial charge in [-0.1, -0.05) is 24.3 Å². The van der Waals surface area contributed by atoms with Gasteiger partial charge in [0.25, 0.3) is 0 Å². The number of benzene rings is 1. The van der Waals surface area contributed by atoms with Gasteiger partial charge in [0.05, 0.1) is 26.2 Å². The Morgan fingerprint density at radius 1 is 0.679 bits per heavy atom. The van der Waals surface area contributed by atoms with E-state index in [1.54, 1.807) is 12.1 Å². The van der Waals surface area contributed by atoms with E-state index >= 15 is 0 Å². The Bertz CT molecular complexity index is 671. The molecule has 152 valence electrons. The van der Waals surface area contributed by atoms with Gasteiger partial charge in [0.2, 0.25) is 0 Å². The van der Waals surface area contributed by atoms with Crippen LogP contribution in [0, 0.1) is 0 Å². The number of hydrogen-bond acceptors (Lipinski definition) is 6. The summed E-state index contributed by atoms with van der Waals surface area (Å²) in [5, 5.41) is 36.8. The maximum absolute atomic E-state index is 11.3. The van der Waals surface area contributed by atoms with Gasteiger partial charge < -0.3 is 20.4 Å². The monoisotopic (exact) mass is 394 g/mol. The van der Waals surface area contributed by atoms with Crippen molar-refractivity contribution in [3.05, 3.63) is 35.4 Å². The lowest BCUT2D eigenvalue weighted by molar-refractivity contribution is -0.148. The van der Waals surface area contributed by atoms with Crippen molar-refractivity contribution in [3.63, 3.8) is 0 Å². The molecule has 2 unspecified atom stereocenters. The highest BCUT2D eigenvalue weighted by atomic mass is 16.4. The fourth-order valence-corrected chi connectivity index (χ4v) is 3.70. The summed E-state index contributed by atoms with van der Waals surface area (Å²) in [6.07, 6.45) is 0.578. The molecule has 1 aromatic carbocycles. The number of aliphatic carboxylic acids is 4. The third kappa shape index (κ3) is 5.76. The molecule has 0 heterocycles. The van der Waals surface area contributed by atoms with Crippen molar-refractivity contribution < 1.29 is 39.6 Å². The van der Waals surface area contributed by atoms with Gasteiger partial charge in [-0.3, -0.25) is 29.0 Å². The first-order chi connectivity index (χ1) is 13.2. The van der Waals surface area contributed by atoms with E-state index in [1.165, 1.54) is 9.80 Å². The molecule has 0 fully saturated rings. The van der Waals surface area contributed by atoms with Crippen LogP contribution in [0.3, 0.4) is 0 Å². The molecule has 0 aliphatic heterocycles. The summed E-state index contributed by atoms with van der Waals surface area (Å²) in [6.45, 7) is -2.21. The Hall–Kier alpha value is -2.98. The SMILES string of the molecule is O=C(O)CN(CC(=O)O)C1Cc2ccccc2CC1N(CC(=O)O)CC(=O)O. The molecular weight excluding hydrogens is 372 g/mol. The van der Waals surface area contributed by atoms with E-state index in [0.717, 1.165) is 11.1 Å². The standard InChI is InChI=1S/C18H22N2O8/c21-15(22)7-19(8-16(23)24)13-5-11-3-1-2-4-12(11)6-14(13)20(9-17(25)26)10-18(27)28/h1-4,13-14H,5-10H2,(H,21,22)(H,23,24)(H,25,26)(H,27,28). The molecule has 1 aliphatic carbocycles. The number of rotatable bonds is 10. The lowest BCUT2D eigenvalue weighted by Crippen LogP contribution is -2.59. The van der Waals surface area contributed by atoms with Gasteiger partial charge in [-0.05, 0) is 24.0 Å². The van der Waals surface area contributed by atoms with Crippen molar-refractivity contribution in [2.45, 2.75) is 24.9 Å². The second-order valence-corrected chi connectivity index (χ2v) is 6.70. The quantitative estimate of drug-likeness (QED) is 0.407. The van der Waals surface area contributed by atoms with Crippen LogP contribution in [-0.2, 0) is 32.0 Å². The van der Waals surface area contributed by atoms with E-state index in [-0.39, 0.29) is 12.8 Å². The van der Waals surface area contributed by atoms with E-state index in [9.17, 15) is 39.6 Å². The average Bonchev–Trinajstić information content (AvgIpc) is 2.58. The van der Waals surface area contributed by atoms with Crippen LogP contribution < -0.4 is 0 Å². The molecule has 1 aliphatic rings. The highest BCUT2D eigenvalue weighted by Gasteiger charge is 2.38. The molecular formula is C18H22N2O8. The van der Waals surface area contributed by atoms with Crippen LogP contribution >= 0.6 is 0 Å². The molecule has 10 heteroatoms. The number of carbonyl (C=O) groups is 4. The van der Waals surface area contributed by atoms with E-state index in [1.807, 2.05) is 12.1 Å². The van der Waals surface area contributed by atoms with E-state index in [0.29, 0.717) is 0 Å². The van der Waals surface area contributed by atoms with Crippen molar-refractivity contribution in [2.24, 2.45) is 0 Å². The molecule has 0 spiro atoms. The summed E-state index contributed by atoms with van der Waals surface area (Å²) in [7, 11) is 0. The van der Waals surface area contributed by atoms with Gasteiger partial charge in [0.1, 0.15) is 0 Å². The molecule has 0 saturated carbocycles. The zero-order valence-electron chi connectivity index (χ0n) is 15.0. The smallest absolute Gasteiger partial charge is 0.317 e. The first-order valence-corrected chi connectivity index (χ1v) is 8.59. The van der Waals surface area contributed by atoms with Crippen LogP contribution in [-0.4, -0.2) is 92.4 Å². The summed E-state index contributed by atoms with van der Waals surface area (Å²) < 4.78 is 0. The summed E-state index contributed by atoms with van der Waals surface area (Å²) >= 11 is 0. The summed E-state index contributed by atoms with van der Waals surface area (Å²) in [5.74, 6) is -4.88. The molecule has 10 nitrogen and oxygen atoms in total. The molecule has 0 amide bonds. The highest BCUT2D eigenvalue weighted by molar-refractivity contribution is 5.73. The lowest BCUT2D eigenvalue weighted by Gasteiger charge is -2.44. The van der Waals surface area contributed by atoms with Gasteiger partial charge >= 0.3 is 23.9 Å². The Balaban J connectivity index is 2.45. The fourth-order valence-electron chi connectivity index (χ4n) is 3.70. The third-order valence-corrected chi connectivity index (χ3v) is 4.71. The minimum Gasteiger partial charge on any atom is -0.480 e. The molecule has 0 radical (unpaired) electrons. The highest BCUT2D eigenvalue weighted by Crippen LogP contribution is 2.28. The maximum atomic E-state index is 11.3. The van der Waals surface area contributed by atoms with Crippen molar-refractivity contribution in [1.82, 2.24) is 9.80 Å². The van der Waals surface area contributed by atoms with Gasteiger partial charge in [-0.15, -0.1) is 0 Å². The lowest BCUT2D eigenvalue weighted by atomic mass is 9.82. The summed E-state index contributed by atoms with van der Waals surface area (Å²) in [5.41, 5.74) is 1.80. The summed E-state index contributed by atoms with van der Waals surface area (Å²) in [4.78, 5) is 47.6. The largest absolute Gasteiger partial charge is 0.480 e. The Labute approximate surface area is 160 Å². The molecule has 2 rings (SSSR count). The van der Waals surface area contributed by atoms with E-state index in [2.05, 4.69) is 0 Å². The molecule has 2 atom stereocenters. The Morgan fingerprint density at radius 3 is 1.21 bits per heavy atom. The van der Waals surface area contributed by atoms with Crippen LogP contribution in [0.2, 0.25) is 0 Å². The van der Waals surface area contributed by atoms with Crippen molar-refractivity contribution >= 4 is 23.9 Å². The zero-order chi connectivity index (χ0) is 20.8. The Kier molecular flexibility index (Phi) is 7.07. The van der Waals surface area contributed by atoms with Gasteiger partial charge in [-0.25, -0.2) is 0 Å². The predicted molar refractivity (Wildman–Crippen MR) is 95.1 cm³/mol. The van der Waals surface area contributed by atoms with Crippen LogP contribution in [0.25, 0.3) is 0 Å². The number of nitrogens with zero attached hydrogens (tertiary/aromatic N) is 2. The molecule has 4 N–H and O–H groups in total. The van der Waals surface area contributed by atoms with Gasteiger partial charge in [-0.2, -0.15) is 0 Å². The van der Waals surface area contributed by atoms with Crippen molar-refractivity contribution in [1.29, 1.82) is 0 Å². The summed E-state index contributed by atoms with van der Waals surface area (Å²) in [6, 6.07) is 5.97. The second kappa shape index (κ2) is 9.29. The first kappa shape index (κ1) is 21.3. The van der Waals surface area contributed by atoms with Gasteiger partial charge in [0, 0.05) is 12.1 Å². The third-order valence-electron chi connectivity index (χ3n) is 4.71. The van der Waals surface area contributed by atoms with Gasteiger partial charge in [0.15, 0.2) is 0 Å². The first-order valence-electron chi connectivity index (χ1n) is 8.59. The van der Waals surface area contributed by atoms with E-state index in [4.69, 9.17) is 0 Å². The van der Waals surface area contributed by atoms with Crippen molar-refractivity contribution in [2.75, 3.05) is 26.2 Å². The minimum absolute atomic E-state index is 0.289. The minimum atomic E-state index is -1.22. The number of hydrogen-bond donors (Lipinski definition) is 4. The fraction of sp³-hybridized carbons (Fsp3) is 0.444. The van der Waals surface area contributed by atoms with Crippen LogP contribution in [0.15, 0.2) is 24.3 Å².